The number of nitrogens with zero attached hydrogens (tertiary/aromatic N) is 2. The van der Waals surface area contributed by atoms with E-state index in [0.717, 1.165) is 5.57 Å². The molecule has 0 aromatic heterocycles. The van der Waals surface area contributed by atoms with Gasteiger partial charge in [-0.05, 0) is 44.0 Å². The fourth-order valence-corrected chi connectivity index (χ4v) is 3.98. The van der Waals surface area contributed by atoms with Crippen LogP contribution in [0.3, 0.4) is 0 Å². The molecule has 152 valence electrons. The summed E-state index contributed by atoms with van der Waals surface area (Å²) in [7, 11) is 0. The van der Waals surface area contributed by atoms with Crippen LogP contribution in [0, 0.1) is 22.0 Å². The number of carbonyl (C=O) groups is 3. The topological polar surface area (TPSA) is 110 Å². The Hall–Kier alpha value is -3.81. The summed E-state index contributed by atoms with van der Waals surface area (Å²) in [6.45, 7) is 1.95. The lowest BCUT2D eigenvalue weighted by molar-refractivity contribution is -0.384. The first kappa shape index (κ1) is 19.5. The number of imide groups is 1. The highest BCUT2D eigenvalue weighted by Gasteiger charge is 2.48. The third kappa shape index (κ3) is 3.47. The third-order valence-electron chi connectivity index (χ3n) is 5.50. The number of hydrogen-bond donors (Lipinski definition) is 1. The molecular formula is C22H19N3O5. The lowest BCUT2D eigenvalue weighted by Crippen LogP contribution is -2.31. The Bertz CT molecular complexity index is 1110. The third-order valence-corrected chi connectivity index (χ3v) is 5.50. The van der Waals surface area contributed by atoms with Crippen LogP contribution in [0.4, 0.5) is 17.1 Å². The van der Waals surface area contributed by atoms with Crippen molar-refractivity contribution in [1.29, 1.82) is 0 Å². The molecule has 0 radical (unpaired) electrons. The van der Waals surface area contributed by atoms with E-state index in [4.69, 9.17) is 0 Å². The van der Waals surface area contributed by atoms with Crippen LogP contribution in [-0.4, -0.2) is 22.6 Å². The number of benzene rings is 2. The van der Waals surface area contributed by atoms with Crippen LogP contribution in [0.25, 0.3) is 0 Å². The van der Waals surface area contributed by atoms with E-state index in [0.29, 0.717) is 18.5 Å². The van der Waals surface area contributed by atoms with Gasteiger partial charge >= 0.3 is 0 Å². The van der Waals surface area contributed by atoms with Crippen LogP contribution >= 0.6 is 0 Å². The Kier molecular flexibility index (Phi) is 4.91. The van der Waals surface area contributed by atoms with Gasteiger partial charge in [0.1, 0.15) is 0 Å². The van der Waals surface area contributed by atoms with Crippen molar-refractivity contribution in [3.05, 3.63) is 75.9 Å². The number of fused-ring (bicyclic) bond motifs is 1. The predicted octanol–water partition coefficient (Wildman–Crippen LogP) is 3.69. The zero-order valence-electron chi connectivity index (χ0n) is 16.2. The molecule has 0 saturated carbocycles. The molecule has 0 spiro atoms. The van der Waals surface area contributed by atoms with E-state index in [1.165, 1.54) is 29.2 Å². The summed E-state index contributed by atoms with van der Waals surface area (Å²) in [6.07, 6.45) is 3.11. The molecule has 0 bridgehead atoms. The molecule has 1 heterocycles. The molecule has 2 atom stereocenters. The van der Waals surface area contributed by atoms with Gasteiger partial charge in [-0.3, -0.25) is 29.4 Å². The molecule has 4 rings (SSSR count). The van der Waals surface area contributed by atoms with Gasteiger partial charge in [0.25, 0.3) is 11.6 Å². The standard InChI is InChI=1S/C22H19N3O5/c1-13-8-9-18-19(10-13)22(28)24(21(18)27)16-6-2-4-14(11-16)20(26)23-15-5-3-7-17(12-15)25(29)30/h2-8,11-12,18-19H,9-10H2,1H3,(H,23,26)/t18-,19+/m0/s1. The van der Waals surface area contributed by atoms with E-state index >= 15 is 0 Å². The quantitative estimate of drug-likeness (QED) is 0.361. The average molecular weight is 405 g/mol. The fourth-order valence-electron chi connectivity index (χ4n) is 3.98. The molecule has 8 heteroatoms. The highest BCUT2D eigenvalue weighted by atomic mass is 16.6. The van der Waals surface area contributed by atoms with E-state index in [1.54, 1.807) is 24.3 Å². The van der Waals surface area contributed by atoms with Crippen LogP contribution in [0.1, 0.15) is 30.1 Å². The second kappa shape index (κ2) is 7.55. The first-order chi connectivity index (χ1) is 14.3. The number of anilines is 2. The number of amides is 3. The number of nitro groups is 1. The molecule has 8 nitrogen and oxygen atoms in total. The number of non-ortho nitro benzene ring substituents is 1. The molecule has 3 amide bonds. The lowest BCUT2D eigenvalue weighted by Gasteiger charge is -2.18. The predicted molar refractivity (Wildman–Crippen MR) is 110 cm³/mol. The summed E-state index contributed by atoms with van der Waals surface area (Å²) < 4.78 is 0. The summed E-state index contributed by atoms with van der Waals surface area (Å²) in [5, 5.41) is 13.5. The maximum atomic E-state index is 12.9. The molecule has 30 heavy (non-hydrogen) atoms. The Morgan fingerprint density at radius 2 is 1.83 bits per heavy atom. The molecule has 1 fully saturated rings. The van der Waals surface area contributed by atoms with Crippen molar-refractivity contribution < 1.29 is 19.3 Å². The van der Waals surface area contributed by atoms with Crippen molar-refractivity contribution >= 4 is 34.8 Å². The minimum Gasteiger partial charge on any atom is -0.322 e. The Labute approximate surface area is 172 Å². The van der Waals surface area contributed by atoms with Crippen molar-refractivity contribution in [2.75, 3.05) is 10.2 Å². The molecule has 1 aliphatic carbocycles. The van der Waals surface area contributed by atoms with E-state index in [-0.39, 0.29) is 40.6 Å². The Balaban J connectivity index is 1.57. The van der Waals surface area contributed by atoms with Gasteiger partial charge in [0.2, 0.25) is 11.8 Å². The van der Waals surface area contributed by atoms with Gasteiger partial charge in [-0.2, -0.15) is 0 Å². The van der Waals surface area contributed by atoms with E-state index < -0.39 is 10.8 Å². The van der Waals surface area contributed by atoms with E-state index in [9.17, 15) is 24.5 Å². The second-order valence-corrected chi connectivity index (χ2v) is 7.53. The first-order valence-electron chi connectivity index (χ1n) is 9.54. The summed E-state index contributed by atoms with van der Waals surface area (Å²) >= 11 is 0. The molecule has 0 unspecified atom stereocenters. The number of nitrogens with one attached hydrogen (secondary N) is 1. The van der Waals surface area contributed by atoms with Crippen LogP contribution < -0.4 is 10.2 Å². The van der Waals surface area contributed by atoms with E-state index in [2.05, 4.69) is 5.32 Å². The normalized spacial score (nSPS) is 20.6. The van der Waals surface area contributed by atoms with Gasteiger partial charge in [-0.25, -0.2) is 0 Å². The minimum absolute atomic E-state index is 0.138. The first-order valence-corrected chi connectivity index (χ1v) is 9.54. The van der Waals surface area contributed by atoms with Crippen LogP contribution in [0.15, 0.2) is 60.2 Å². The average Bonchev–Trinajstić information content (AvgIpc) is 2.98. The maximum absolute atomic E-state index is 12.9. The van der Waals surface area contributed by atoms with Crippen LogP contribution in [0.5, 0.6) is 0 Å². The number of carbonyl (C=O) groups excluding carboxylic acids is 3. The van der Waals surface area contributed by atoms with Gasteiger partial charge in [-0.1, -0.05) is 23.8 Å². The van der Waals surface area contributed by atoms with Gasteiger partial charge in [0.05, 0.1) is 22.4 Å². The van der Waals surface area contributed by atoms with Crippen LogP contribution in [-0.2, 0) is 9.59 Å². The van der Waals surface area contributed by atoms with Gasteiger partial charge in [0, 0.05) is 23.4 Å². The zero-order chi connectivity index (χ0) is 21.4. The second-order valence-electron chi connectivity index (χ2n) is 7.53. The SMILES string of the molecule is CC1=CC[C@@H]2C(=O)N(c3cccc(C(=O)Nc4cccc([N+](=O)[O-])c4)c3)C(=O)[C@@H]2C1. The zero-order valence-corrected chi connectivity index (χ0v) is 16.2. The summed E-state index contributed by atoms with van der Waals surface area (Å²) in [5.41, 5.74) is 1.83. The lowest BCUT2D eigenvalue weighted by atomic mass is 9.82. The monoisotopic (exact) mass is 405 g/mol. The van der Waals surface area contributed by atoms with Crippen molar-refractivity contribution in [3.63, 3.8) is 0 Å². The van der Waals surface area contributed by atoms with Gasteiger partial charge < -0.3 is 5.32 Å². The molecule has 2 aromatic rings. The summed E-state index contributed by atoms with van der Waals surface area (Å²) in [4.78, 5) is 49.9. The molecular weight excluding hydrogens is 386 g/mol. The van der Waals surface area contributed by atoms with Gasteiger partial charge in [-0.15, -0.1) is 0 Å². The molecule has 2 aliphatic rings. The van der Waals surface area contributed by atoms with Gasteiger partial charge in [0.15, 0.2) is 0 Å². The fraction of sp³-hybridized carbons (Fsp3) is 0.227. The molecule has 2 aromatic carbocycles. The summed E-state index contributed by atoms with van der Waals surface area (Å²) in [6, 6.07) is 11.9. The Morgan fingerprint density at radius 3 is 2.60 bits per heavy atom. The highest BCUT2D eigenvalue weighted by Crippen LogP contribution is 2.39. The van der Waals surface area contributed by atoms with Crippen molar-refractivity contribution in [2.45, 2.75) is 19.8 Å². The van der Waals surface area contributed by atoms with Crippen molar-refractivity contribution in [1.82, 2.24) is 0 Å². The number of rotatable bonds is 4. The van der Waals surface area contributed by atoms with Crippen molar-refractivity contribution in [2.24, 2.45) is 11.8 Å². The molecule has 1 N–H and O–H groups in total. The van der Waals surface area contributed by atoms with E-state index in [1.807, 2.05) is 13.0 Å². The number of nitro benzene ring substituents is 1. The largest absolute Gasteiger partial charge is 0.322 e. The highest BCUT2D eigenvalue weighted by molar-refractivity contribution is 6.22. The molecule has 1 aliphatic heterocycles. The summed E-state index contributed by atoms with van der Waals surface area (Å²) in [5.74, 6) is -1.70. The molecule has 1 saturated heterocycles. The van der Waals surface area contributed by atoms with Crippen molar-refractivity contribution in [3.8, 4) is 0 Å². The van der Waals surface area contributed by atoms with Crippen LogP contribution in [0.2, 0.25) is 0 Å². The minimum atomic E-state index is -0.545. The number of allylic oxidation sites excluding steroid dienone is 2. The Morgan fingerprint density at radius 1 is 1.10 bits per heavy atom. The maximum Gasteiger partial charge on any atom is 0.271 e. The smallest absolute Gasteiger partial charge is 0.271 e. The number of hydrogen-bond acceptors (Lipinski definition) is 5.